The molecule has 0 spiro atoms. The third kappa shape index (κ3) is 1.45. The molecule has 0 saturated carbocycles. The highest BCUT2D eigenvalue weighted by molar-refractivity contribution is 5.76. The van der Waals surface area contributed by atoms with Crippen molar-refractivity contribution in [2.75, 3.05) is 6.54 Å². The van der Waals surface area contributed by atoms with E-state index in [-0.39, 0.29) is 12.1 Å². The molecule has 1 aliphatic rings. The van der Waals surface area contributed by atoms with Gasteiger partial charge in [-0.3, -0.25) is 0 Å². The van der Waals surface area contributed by atoms with Crippen LogP contribution in [0.1, 0.15) is 6.92 Å². The van der Waals surface area contributed by atoms with Gasteiger partial charge in [0.25, 0.3) is 0 Å². The second-order valence-electron chi connectivity index (χ2n) is 1.99. The van der Waals surface area contributed by atoms with Gasteiger partial charge in [0.15, 0.2) is 0 Å². The summed E-state index contributed by atoms with van der Waals surface area (Å²) in [7, 11) is 0. The molecule has 0 aliphatic carbocycles. The fourth-order valence-electron chi connectivity index (χ4n) is 0.822. The molecule has 0 aromatic carbocycles. The molecule has 1 rings (SSSR count). The van der Waals surface area contributed by atoms with Crippen LogP contribution in [0, 0.1) is 0 Å². The van der Waals surface area contributed by atoms with Gasteiger partial charge in [0.1, 0.15) is 0 Å². The summed E-state index contributed by atoms with van der Waals surface area (Å²) in [6.07, 6.45) is 3.88. The maximum Gasteiger partial charge on any atom is 0.315 e. The number of allylic oxidation sites excluding steroid dienone is 1. The summed E-state index contributed by atoms with van der Waals surface area (Å²) in [5, 5.41) is 5.37. The summed E-state index contributed by atoms with van der Waals surface area (Å²) in [6.45, 7) is 2.65. The minimum absolute atomic E-state index is 0.0712. The van der Waals surface area contributed by atoms with Gasteiger partial charge in [-0.1, -0.05) is 12.2 Å². The number of hydrogen-bond acceptors (Lipinski definition) is 1. The predicted molar refractivity (Wildman–Crippen MR) is 35.1 cm³/mol. The first kappa shape index (κ1) is 6.13. The van der Waals surface area contributed by atoms with E-state index in [1.165, 1.54) is 0 Å². The number of amides is 2. The summed E-state index contributed by atoms with van der Waals surface area (Å²) in [5.41, 5.74) is 0. The van der Waals surface area contributed by atoms with Gasteiger partial charge >= 0.3 is 6.03 Å². The molecule has 0 aromatic heterocycles. The molecule has 3 heteroatoms. The molecule has 3 nitrogen and oxygen atoms in total. The highest BCUT2D eigenvalue weighted by Crippen LogP contribution is 1.90. The quantitative estimate of drug-likeness (QED) is 0.486. The van der Waals surface area contributed by atoms with Gasteiger partial charge in [0.2, 0.25) is 0 Å². The van der Waals surface area contributed by atoms with Crippen molar-refractivity contribution in [2.45, 2.75) is 13.0 Å². The Labute approximate surface area is 54.1 Å². The minimum Gasteiger partial charge on any atom is -0.336 e. The van der Waals surface area contributed by atoms with Crippen LogP contribution in [0.4, 0.5) is 4.79 Å². The van der Waals surface area contributed by atoms with Crippen LogP contribution in [0.5, 0.6) is 0 Å². The van der Waals surface area contributed by atoms with Gasteiger partial charge in [0, 0.05) is 6.54 Å². The Bertz CT molecular complexity index is 142. The number of hydrogen-bond donors (Lipinski definition) is 2. The maximum absolute atomic E-state index is 10.5. The third-order valence-electron chi connectivity index (χ3n) is 1.22. The fourth-order valence-corrected chi connectivity index (χ4v) is 0.822. The van der Waals surface area contributed by atoms with Crippen LogP contribution in [0.2, 0.25) is 0 Å². The van der Waals surface area contributed by atoms with E-state index in [1.54, 1.807) is 0 Å². The van der Waals surface area contributed by atoms with Crippen LogP contribution >= 0.6 is 0 Å². The Morgan fingerprint density at radius 2 is 2.56 bits per heavy atom. The molecular weight excluding hydrogens is 116 g/mol. The zero-order valence-electron chi connectivity index (χ0n) is 5.35. The lowest BCUT2D eigenvalue weighted by molar-refractivity contribution is 0.248. The van der Waals surface area contributed by atoms with E-state index in [0.29, 0.717) is 6.54 Å². The molecule has 0 bridgehead atoms. The molecule has 2 amide bonds. The van der Waals surface area contributed by atoms with Crippen molar-refractivity contribution >= 4 is 6.03 Å². The molecule has 1 aliphatic heterocycles. The Hall–Kier alpha value is -0.990. The monoisotopic (exact) mass is 126 g/mol. The smallest absolute Gasteiger partial charge is 0.315 e. The van der Waals surface area contributed by atoms with E-state index < -0.39 is 0 Å². The van der Waals surface area contributed by atoms with Crippen LogP contribution in [0.15, 0.2) is 12.2 Å². The number of urea groups is 1. The lowest BCUT2D eigenvalue weighted by Gasteiger charge is -1.97. The summed E-state index contributed by atoms with van der Waals surface area (Å²) < 4.78 is 0. The van der Waals surface area contributed by atoms with Crippen molar-refractivity contribution in [2.24, 2.45) is 0 Å². The molecule has 1 fully saturated rings. The lowest BCUT2D eigenvalue weighted by atomic mass is 10.3. The number of carbonyl (C=O) groups is 1. The summed E-state index contributed by atoms with van der Waals surface area (Å²) in [6, 6.07) is 0.126. The van der Waals surface area contributed by atoms with Gasteiger partial charge in [-0.05, 0) is 6.92 Å². The minimum atomic E-state index is -0.0712. The van der Waals surface area contributed by atoms with Crippen LogP contribution in [0.25, 0.3) is 0 Å². The summed E-state index contributed by atoms with van der Waals surface area (Å²) >= 11 is 0. The standard InChI is InChI=1S/C6H10N2O/c1-2-3-5-4-7-6(9)8-5/h2-3,5H,4H2,1H3,(H2,7,8,9)/b3-2+. The average Bonchev–Trinajstić information content (AvgIpc) is 2.17. The number of nitrogens with one attached hydrogen (secondary N) is 2. The zero-order valence-corrected chi connectivity index (χ0v) is 5.35. The molecule has 1 heterocycles. The van der Waals surface area contributed by atoms with E-state index >= 15 is 0 Å². The van der Waals surface area contributed by atoms with Crippen LogP contribution in [0.3, 0.4) is 0 Å². The topological polar surface area (TPSA) is 41.1 Å². The van der Waals surface area contributed by atoms with Crippen molar-refractivity contribution in [3.63, 3.8) is 0 Å². The van der Waals surface area contributed by atoms with Crippen molar-refractivity contribution in [1.29, 1.82) is 0 Å². The normalized spacial score (nSPS) is 26.3. The van der Waals surface area contributed by atoms with E-state index in [2.05, 4.69) is 10.6 Å². The molecule has 1 saturated heterocycles. The van der Waals surface area contributed by atoms with Gasteiger partial charge < -0.3 is 10.6 Å². The number of rotatable bonds is 1. The van der Waals surface area contributed by atoms with Gasteiger partial charge in [-0.25, -0.2) is 4.79 Å². The summed E-state index contributed by atoms with van der Waals surface area (Å²) in [4.78, 5) is 10.5. The molecule has 0 radical (unpaired) electrons. The van der Waals surface area contributed by atoms with Crippen LogP contribution in [-0.4, -0.2) is 18.6 Å². The molecular formula is C6H10N2O. The molecule has 0 aromatic rings. The van der Waals surface area contributed by atoms with Crippen molar-refractivity contribution in [3.8, 4) is 0 Å². The first-order valence-electron chi connectivity index (χ1n) is 3.00. The highest BCUT2D eigenvalue weighted by atomic mass is 16.2. The van der Waals surface area contributed by atoms with Gasteiger partial charge in [-0.2, -0.15) is 0 Å². The second-order valence-corrected chi connectivity index (χ2v) is 1.99. The van der Waals surface area contributed by atoms with Crippen molar-refractivity contribution in [1.82, 2.24) is 10.6 Å². The van der Waals surface area contributed by atoms with Crippen LogP contribution in [-0.2, 0) is 0 Å². The Morgan fingerprint density at radius 1 is 1.78 bits per heavy atom. The highest BCUT2D eigenvalue weighted by Gasteiger charge is 2.15. The van der Waals surface area contributed by atoms with Gasteiger partial charge in [0.05, 0.1) is 6.04 Å². The second kappa shape index (κ2) is 2.53. The Morgan fingerprint density at radius 3 is 3.00 bits per heavy atom. The zero-order chi connectivity index (χ0) is 6.69. The molecule has 1 unspecified atom stereocenters. The lowest BCUT2D eigenvalue weighted by Crippen LogP contribution is -2.24. The third-order valence-corrected chi connectivity index (χ3v) is 1.22. The van der Waals surface area contributed by atoms with Crippen molar-refractivity contribution in [3.05, 3.63) is 12.2 Å². The van der Waals surface area contributed by atoms with Crippen molar-refractivity contribution < 1.29 is 4.79 Å². The Balaban J connectivity index is 2.39. The molecule has 9 heavy (non-hydrogen) atoms. The molecule has 1 atom stereocenters. The fraction of sp³-hybridized carbons (Fsp3) is 0.500. The molecule has 2 N–H and O–H groups in total. The average molecular weight is 126 g/mol. The SMILES string of the molecule is C/C=C/C1CNC(=O)N1. The van der Waals surface area contributed by atoms with E-state index in [0.717, 1.165) is 0 Å². The van der Waals surface area contributed by atoms with Crippen LogP contribution < -0.4 is 10.6 Å². The first-order valence-corrected chi connectivity index (χ1v) is 3.00. The van der Waals surface area contributed by atoms with E-state index in [4.69, 9.17) is 0 Å². The Kier molecular flexibility index (Phi) is 1.72. The molecule has 50 valence electrons. The van der Waals surface area contributed by atoms with Gasteiger partial charge in [-0.15, -0.1) is 0 Å². The first-order chi connectivity index (χ1) is 4.33. The summed E-state index contributed by atoms with van der Waals surface area (Å²) in [5.74, 6) is 0. The van der Waals surface area contributed by atoms with E-state index in [9.17, 15) is 4.79 Å². The van der Waals surface area contributed by atoms with E-state index in [1.807, 2.05) is 19.1 Å². The predicted octanol–water partition coefficient (Wildman–Crippen LogP) is 0.244. The maximum atomic E-state index is 10.5. The number of carbonyl (C=O) groups excluding carboxylic acids is 1. The largest absolute Gasteiger partial charge is 0.336 e.